The molecule has 2 N–H and O–H groups in total. The highest BCUT2D eigenvalue weighted by atomic mass is 16.5. The third-order valence-corrected chi connectivity index (χ3v) is 3.01. The van der Waals surface area contributed by atoms with E-state index in [-0.39, 0.29) is 5.91 Å². The van der Waals surface area contributed by atoms with Crippen LogP contribution in [0.2, 0.25) is 0 Å². The topological polar surface area (TPSA) is 58.8 Å². The van der Waals surface area contributed by atoms with E-state index < -0.39 is 0 Å². The summed E-state index contributed by atoms with van der Waals surface area (Å²) in [7, 11) is 5.13. The minimum atomic E-state index is 0.100. The summed E-state index contributed by atoms with van der Waals surface area (Å²) in [4.78, 5) is 15.4. The predicted octanol–water partition coefficient (Wildman–Crippen LogP) is 1.19. The molecule has 1 aromatic carbocycles. The number of carbonyl (C=O) groups is 1. The van der Waals surface area contributed by atoms with Crippen molar-refractivity contribution in [2.45, 2.75) is 13.5 Å². The van der Waals surface area contributed by atoms with Crippen molar-refractivity contribution in [1.82, 2.24) is 9.80 Å². The fourth-order valence-corrected chi connectivity index (χ4v) is 1.75. The molecule has 19 heavy (non-hydrogen) atoms. The Morgan fingerprint density at radius 1 is 1.37 bits per heavy atom. The third kappa shape index (κ3) is 4.44. The highest BCUT2D eigenvalue weighted by Gasteiger charge is 2.11. The van der Waals surface area contributed by atoms with Crippen LogP contribution in [0.4, 0.5) is 5.69 Å². The monoisotopic (exact) mass is 265 g/mol. The van der Waals surface area contributed by atoms with Gasteiger partial charge in [0.05, 0.1) is 19.3 Å². The van der Waals surface area contributed by atoms with Crippen LogP contribution < -0.4 is 10.5 Å². The molecule has 0 aliphatic rings. The van der Waals surface area contributed by atoms with Crippen molar-refractivity contribution in [3.63, 3.8) is 0 Å². The lowest BCUT2D eigenvalue weighted by atomic mass is 10.1. The van der Waals surface area contributed by atoms with Gasteiger partial charge < -0.3 is 15.4 Å². The molecule has 0 atom stereocenters. The molecule has 5 heteroatoms. The van der Waals surface area contributed by atoms with Gasteiger partial charge in [0.1, 0.15) is 5.75 Å². The second kappa shape index (κ2) is 6.99. The minimum absolute atomic E-state index is 0.100. The van der Waals surface area contributed by atoms with E-state index >= 15 is 0 Å². The maximum Gasteiger partial charge on any atom is 0.236 e. The summed E-state index contributed by atoms with van der Waals surface area (Å²) in [5, 5.41) is 0. The number of nitrogen functional groups attached to an aromatic ring is 1. The first-order chi connectivity index (χ1) is 8.97. The molecule has 0 aliphatic heterocycles. The van der Waals surface area contributed by atoms with E-state index in [1.54, 1.807) is 26.1 Å². The number of benzene rings is 1. The van der Waals surface area contributed by atoms with Crippen molar-refractivity contribution in [3.05, 3.63) is 23.8 Å². The zero-order chi connectivity index (χ0) is 14.4. The largest absolute Gasteiger partial charge is 0.495 e. The Hall–Kier alpha value is -1.75. The number of ether oxygens (including phenoxy) is 1. The number of anilines is 1. The average molecular weight is 265 g/mol. The van der Waals surface area contributed by atoms with Crippen molar-refractivity contribution in [2.75, 3.05) is 40.0 Å². The van der Waals surface area contributed by atoms with Crippen LogP contribution in [0.3, 0.4) is 0 Å². The second-order valence-electron chi connectivity index (χ2n) is 4.67. The molecular weight excluding hydrogens is 242 g/mol. The number of hydrogen-bond acceptors (Lipinski definition) is 4. The van der Waals surface area contributed by atoms with E-state index in [1.807, 2.05) is 25.1 Å². The van der Waals surface area contributed by atoms with Crippen molar-refractivity contribution in [1.29, 1.82) is 0 Å². The molecule has 0 heterocycles. The number of rotatable bonds is 6. The van der Waals surface area contributed by atoms with Crippen LogP contribution in [-0.4, -0.2) is 50.0 Å². The van der Waals surface area contributed by atoms with Gasteiger partial charge in [0.15, 0.2) is 0 Å². The first kappa shape index (κ1) is 15.3. The van der Waals surface area contributed by atoms with Crippen LogP contribution in [0.15, 0.2) is 18.2 Å². The Kier molecular flexibility index (Phi) is 5.63. The standard InChI is InChI=1S/C14H23N3O2/c1-5-17(10-14(18)16(2)3)9-11-6-7-13(19-4)12(15)8-11/h6-8H,5,9-10,15H2,1-4H3. The van der Waals surface area contributed by atoms with Gasteiger partial charge >= 0.3 is 0 Å². The molecule has 1 rings (SSSR count). The van der Waals surface area contributed by atoms with Crippen molar-refractivity contribution in [2.24, 2.45) is 0 Å². The lowest BCUT2D eigenvalue weighted by Crippen LogP contribution is -2.36. The predicted molar refractivity (Wildman–Crippen MR) is 77.1 cm³/mol. The van der Waals surface area contributed by atoms with Gasteiger partial charge in [-0.1, -0.05) is 13.0 Å². The molecule has 0 fully saturated rings. The van der Waals surface area contributed by atoms with E-state index in [1.165, 1.54) is 0 Å². The van der Waals surface area contributed by atoms with E-state index in [0.717, 1.165) is 12.1 Å². The van der Waals surface area contributed by atoms with Gasteiger partial charge in [0.2, 0.25) is 5.91 Å². The summed E-state index contributed by atoms with van der Waals surface area (Å²) < 4.78 is 5.13. The highest BCUT2D eigenvalue weighted by Crippen LogP contribution is 2.22. The maximum absolute atomic E-state index is 11.7. The Morgan fingerprint density at radius 2 is 2.05 bits per heavy atom. The fourth-order valence-electron chi connectivity index (χ4n) is 1.75. The zero-order valence-corrected chi connectivity index (χ0v) is 12.1. The van der Waals surface area contributed by atoms with Gasteiger partial charge in [-0.3, -0.25) is 9.69 Å². The molecule has 0 saturated carbocycles. The van der Waals surface area contributed by atoms with Gasteiger partial charge in [0, 0.05) is 20.6 Å². The van der Waals surface area contributed by atoms with E-state index in [0.29, 0.717) is 24.5 Å². The van der Waals surface area contributed by atoms with Gasteiger partial charge in [-0.15, -0.1) is 0 Å². The van der Waals surface area contributed by atoms with Crippen LogP contribution in [0.5, 0.6) is 5.75 Å². The molecule has 0 spiro atoms. The molecule has 0 bridgehead atoms. The van der Waals surface area contributed by atoms with Gasteiger partial charge in [-0.25, -0.2) is 0 Å². The number of methoxy groups -OCH3 is 1. The fraction of sp³-hybridized carbons (Fsp3) is 0.500. The van der Waals surface area contributed by atoms with Crippen LogP contribution in [0.25, 0.3) is 0 Å². The van der Waals surface area contributed by atoms with Crippen LogP contribution in [0.1, 0.15) is 12.5 Å². The second-order valence-corrected chi connectivity index (χ2v) is 4.67. The normalized spacial score (nSPS) is 10.6. The van der Waals surface area contributed by atoms with E-state index in [2.05, 4.69) is 4.90 Å². The summed E-state index contributed by atoms with van der Waals surface area (Å²) in [6.45, 7) is 3.96. The molecule has 1 aromatic rings. The smallest absolute Gasteiger partial charge is 0.236 e. The Balaban J connectivity index is 2.70. The number of nitrogens with two attached hydrogens (primary N) is 1. The van der Waals surface area contributed by atoms with Gasteiger partial charge in [-0.2, -0.15) is 0 Å². The van der Waals surface area contributed by atoms with Crippen LogP contribution in [-0.2, 0) is 11.3 Å². The molecule has 0 unspecified atom stereocenters. The maximum atomic E-state index is 11.7. The lowest BCUT2D eigenvalue weighted by Gasteiger charge is -2.22. The molecule has 5 nitrogen and oxygen atoms in total. The number of likely N-dealkylation sites (N-methyl/N-ethyl adjacent to an activating group) is 2. The Bertz CT molecular complexity index is 433. The first-order valence-corrected chi connectivity index (χ1v) is 6.32. The van der Waals surface area contributed by atoms with Gasteiger partial charge in [0.25, 0.3) is 0 Å². The van der Waals surface area contributed by atoms with E-state index in [9.17, 15) is 4.79 Å². The molecule has 0 aromatic heterocycles. The molecule has 1 amide bonds. The van der Waals surface area contributed by atoms with Crippen LogP contribution in [0, 0.1) is 0 Å². The highest BCUT2D eigenvalue weighted by molar-refractivity contribution is 5.77. The molecule has 0 radical (unpaired) electrons. The zero-order valence-electron chi connectivity index (χ0n) is 12.1. The Labute approximate surface area is 114 Å². The quantitative estimate of drug-likeness (QED) is 0.785. The lowest BCUT2D eigenvalue weighted by molar-refractivity contribution is -0.130. The van der Waals surface area contributed by atoms with Crippen molar-refractivity contribution < 1.29 is 9.53 Å². The number of nitrogens with zero attached hydrogens (tertiary/aromatic N) is 2. The van der Waals surface area contributed by atoms with Crippen molar-refractivity contribution in [3.8, 4) is 5.75 Å². The summed E-state index contributed by atoms with van der Waals surface area (Å²) in [6.07, 6.45) is 0. The Morgan fingerprint density at radius 3 is 2.53 bits per heavy atom. The molecule has 0 aliphatic carbocycles. The number of carbonyl (C=O) groups excluding carboxylic acids is 1. The SMILES string of the molecule is CCN(CC(=O)N(C)C)Cc1ccc(OC)c(N)c1. The number of amides is 1. The summed E-state index contributed by atoms with van der Waals surface area (Å²) in [6, 6.07) is 5.71. The minimum Gasteiger partial charge on any atom is -0.495 e. The summed E-state index contributed by atoms with van der Waals surface area (Å²) in [5.41, 5.74) is 7.58. The third-order valence-electron chi connectivity index (χ3n) is 3.01. The van der Waals surface area contributed by atoms with Crippen molar-refractivity contribution >= 4 is 11.6 Å². The van der Waals surface area contributed by atoms with Crippen LogP contribution >= 0.6 is 0 Å². The average Bonchev–Trinajstić information content (AvgIpc) is 2.37. The molecule has 0 saturated heterocycles. The molecular formula is C14H23N3O2. The molecule has 106 valence electrons. The first-order valence-electron chi connectivity index (χ1n) is 6.32. The van der Waals surface area contributed by atoms with E-state index in [4.69, 9.17) is 10.5 Å². The summed E-state index contributed by atoms with van der Waals surface area (Å²) in [5.74, 6) is 0.777. The number of hydrogen-bond donors (Lipinski definition) is 1. The van der Waals surface area contributed by atoms with Gasteiger partial charge in [-0.05, 0) is 24.2 Å². The summed E-state index contributed by atoms with van der Waals surface area (Å²) >= 11 is 0.